The fraction of sp³-hybridized carbons (Fsp3) is 0.538. The monoisotopic (exact) mass is 486 g/mol. The Morgan fingerprint density at radius 2 is 1.71 bits per heavy atom. The van der Waals surface area contributed by atoms with Gasteiger partial charge in [-0.2, -0.15) is 0 Å². The molecule has 1 atom stereocenters. The van der Waals surface area contributed by atoms with Gasteiger partial charge in [0.2, 0.25) is 17.7 Å². The predicted molar refractivity (Wildman–Crippen MR) is 134 cm³/mol. The van der Waals surface area contributed by atoms with Gasteiger partial charge in [0.15, 0.2) is 5.82 Å². The number of nitrogens with one attached hydrogen (secondary N) is 2. The van der Waals surface area contributed by atoms with Crippen molar-refractivity contribution >= 4 is 23.5 Å². The van der Waals surface area contributed by atoms with Crippen LogP contribution in [-0.2, 0) is 14.4 Å². The van der Waals surface area contributed by atoms with E-state index in [-0.39, 0.29) is 30.6 Å². The van der Waals surface area contributed by atoms with Gasteiger partial charge in [-0.15, -0.1) is 0 Å². The number of amides is 3. The lowest BCUT2D eigenvalue weighted by Crippen LogP contribution is -2.55. The minimum atomic E-state index is -0.888. The van der Waals surface area contributed by atoms with Crippen LogP contribution in [0.4, 0.5) is 5.82 Å². The van der Waals surface area contributed by atoms with Gasteiger partial charge in [0.25, 0.3) is 0 Å². The first-order valence-electron chi connectivity index (χ1n) is 11.8. The average Bonchev–Trinajstić information content (AvgIpc) is 3.19. The molecule has 0 saturated heterocycles. The third-order valence-electron chi connectivity index (χ3n) is 5.74. The highest BCUT2D eigenvalue weighted by atomic mass is 16.5. The number of hydrogen-bond donors (Lipinski definition) is 2. The topological polar surface area (TPSA) is 114 Å². The van der Waals surface area contributed by atoms with Crippen LogP contribution >= 0.6 is 0 Å². The zero-order chi connectivity index (χ0) is 26.4. The highest BCUT2D eigenvalue weighted by Gasteiger charge is 2.39. The minimum Gasteiger partial charge on any atom is -0.497 e. The Morgan fingerprint density at radius 3 is 2.20 bits per heavy atom. The Labute approximate surface area is 207 Å². The fourth-order valence-electron chi connectivity index (χ4n) is 3.57. The lowest BCUT2D eigenvalue weighted by Gasteiger charge is -2.42. The molecule has 2 aromatic rings. The van der Waals surface area contributed by atoms with Crippen LogP contribution in [0.2, 0.25) is 0 Å². The van der Waals surface area contributed by atoms with Crippen LogP contribution in [0.15, 0.2) is 34.9 Å². The molecule has 3 amide bonds. The number of rotatable bonds is 10. The first-order chi connectivity index (χ1) is 16.3. The van der Waals surface area contributed by atoms with Gasteiger partial charge in [0, 0.05) is 30.0 Å². The largest absolute Gasteiger partial charge is 0.497 e. The molecule has 2 rings (SSSR count). The van der Waals surface area contributed by atoms with Crippen molar-refractivity contribution in [3.05, 3.63) is 41.7 Å². The molecule has 9 nitrogen and oxygen atoms in total. The van der Waals surface area contributed by atoms with Crippen LogP contribution in [0.5, 0.6) is 5.75 Å². The molecular formula is C26H38N4O5. The number of aryl methyl sites for hydroxylation is 1. The van der Waals surface area contributed by atoms with E-state index < -0.39 is 17.1 Å². The first-order valence-corrected chi connectivity index (χ1v) is 11.8. The average molecular weight is 487 g/mol. The van der Waals surface area contributed by atoms with E-state index in [0.717, 1.165) is 6.42 Å². The SMILES string of the molecule is CCC(C)(C)NC(=O)[C@@H](c1ccc(OC)cc1)N(C(=O)CCC(=O)Nc1cc(C)on1)C(C)(C)C. The molecule has 1 aromatic carbocycles. The van der Waals surface area contributed by atoms with Crippen LogP contribution in [0.3, 0.4) is 0 Å². The summed E-state index contributed by atoms with van der Waals surface area (Å²) in [6.45, 7) is 13.2. The maximum Gasteiger partial charge on any atom is 0.247 e. The van der Waals surface area contributed by atoms with Gasteiger partial charge < -0.3 is 24.8 Å². The molecule has 9 heteroatoms. The zero-order valence-corrected chi connectivity index (χ0v) is 22.0. The van der Waals surface area contributed by atoms with Gasteiger partial charge >= 0.3 is 0 Å². The number of nitrogens with zero attached hydrogens (tertiary/aromatic N) is 2. The summed E-state index contributed by atoms with van der Waals surface area (Å²) in [5.41, 5.74) is -0.500. The summed E-state index contributed by atoms with van der Waals surface area (Å²) in [5.74, 6) is 0.555. The maximum absolute atomic E-state index is 13.6. The maximum atomic E-state index is 13.6. The zero-order valence-electron chi connectivity index (χ0n) is 22.0. The van der Waals surface area contributed by atoms with Crippen molar-refractivity contribution in [2.24, 2.45) is 0 Å². The van der Waals surface area contributed by atoms with Gasteiger partial charge in [-0.25, -0.2) is 0 Å². The summed E-state index contributed by atoms with van der Waals surface area (Å²) in [4.78, 5) is 41.1. The van der Waals surface area contributed by atoms with Crippen molar-refractivity contribution in [3.8, 4) is 5.75 Å². The van der Waals surface area contributed by atoms with E-state index in [2.05, 4.69) is 15.8 Å². The number of carbonyl (C=O) groups is 3. The van der Waals surface area contributed by atoms with E-state index in [0.29, 0.717) is 22.9 Å². The quantitative estimate of drug-likeness (QED) is 0.515. The molecule has 0 aliphatic rings. The van der Waals surface area contributed by atoms with E-state index in [9.17, 15) is 14.4 Å². The van der Waals surface area contributed by atoms with Crippen molar-refractivity contribution < 1.29 is 23.6 Å². The van der Waals surface area contributed by atoms with E-state index in [1.165, 1.54) is 0 Å². The third kappa shape index (κ3) is 7.83. The fourth-order valence-corrected chi connectivity index (χ4v) is 3.57. The number of hydrogen-bond acceptors (Lipinski definition) is 6. The van der Waals surface area contributed by atoms with Crippen LogP contribution in [0.25, 0.3) is 0 Å². The molecule has 0 aliphatic carbocycles. The number of methoxy groups -OCH3 is 1. The van der Waals surface area contributed by atoms with Crippen LogP contribution < -0.4 is 15.4 Å². The molecule has 1 heterocycles. The smallest absolute Gasteiger partial charge is 0.247 e. The Kier molecular flexibility index (Phi) is 9.06. The Morgan fingerprint density at radius 1 is 1.09 bits per heavy atom. The molecule has 0 radical (unpaired) electrons. The number of carbonyl (C=O) groups excluding carboxylic acids is 3. The van der Waals surface area contributed by atoms with Crippen molar-refractivity contribution in [3.63, 3.8) is 0 Å². The summed E-state index contributed by atoms with van der Waals surface area (Å²) >= 11 is 0. The molecule has 2 N–H and O–H groups in total. The summed E-state index contributed by atoms with van der Waals surface area (Å²) in [6, 6.07) is 7.81. The van der Waals surface area contributed by atoms with Gasteiger partial charge in [-0.05, 0) is 65.7 Å². The van der Waals surface area contributed by atoms with Crippen LogP contribution in [0.1, 0.15) is 78.2 Å². The standard InChI is InChI=1S/C26H38N4O5/c1-9-26(6,7)28-24(33)23(18-10-12-19(34-8)13-11-18)30(25(3,4)5)22(32)15-14-21(31)27-20-16-17(2)35-29-20/h10-13,16,23H,9,14-15H2,1-8H3,(H,28,33)(H,27,29,31)/t23-/m1/s1. The third-order valence-corrected chi connectivity index (χ3v) is 5.74. The van der Waals surface area contributed by atoms with Crippen LogP contribution in [0, 0.1) is 6.92 Å². The Hall–Kier alpha value is -3.36. The van der Waals surface area contributed by atoms with Gasteiger partial charge in [0.1, 0.15) is 17.6 Å². The minimum absolute atomic E-state index is 0.0608. The van der Waals surface area contributed by atoms with Crippen LogP contribution in [-0.4, -0.2) is 46.0 Å². The molecule has 1 aromatic heterocycles. The molecule has 192 valence electrons. The molecule has 0 saturated carbocycles. The second kappa shape index (κ2) is 11.4. The van der Waals surface area contributed by atoms with Crippen molar-refractivity contribution in [1.82, 2.24) is 15.4 Å². The second-order valence-corrected chi connectivity index (χ2v) is 10.2. The van der Waals surface area contributed by atoms with E-state index >= 15 is 0 Å². The number of ether oxygens (including phenoxy) is 1. The summed E-state index contributed by atoms with van der Waals surface area (Å²) < 4.78 is 10.2. The lowest BCUT2D eigenvalue weighted by atomic mass is 9.94. The Balaban J connectivity index is 2.33. The van der Waals surface area contributed by atoms with Crippen molar-refractivity contribution in [2.45, 2.75) is 84.8 Å². The first kappa shape index (κ1) is 27.9. The number of anilines is 1. The van der Waals surface area contributed by atoms with Crippen molar-refractivity contribution in [1.29, 1.82) is 0 Å². The summed E-state index contributed by atoms with van der Waals surface area (Å²) in [5, 5.41) is 9.44. The highest BCUT2D eigenvalue weighted by molar-refractivity contribution is 5.94. The van der Waals surface area contributed by atoms with E-state index in [1.54, 1.807) is 49.3 Å². The summed E-state index contributed by atoms with van der Waals surface area (Å²) in [7, 11) is 1.57. The number of benzene rings is 1. The molecule has 0 fully saturated rings. The van der Waals surface area contributed by atoms with Crippen molar-refractivity contribution in [2.75, 3.05) is 12.4 Å². The lowest BCUT2D eigenvalue weighted by molar-refractivity contribution is -0.147. The predicted octanol–water partition coefficient (Wildman–Crippen LogP) is 4.38. The molecule has 0 aliphatic heterocycles. The van der Waals surface area contributed by atoms with E-state index in [4.69, 9.17) is 9.26 Å². The summed E-state index contributed by atoms with van der Waals surface area (Å²) in [6.07, 6.45) is 0.588. The highest BCUT2D eigenvalue weighted by Crippen LogP contribution is 2.32. The molecule has 35 heavy (non-hydrogen) atoms. The Bertz CT molecular complexity index is 1020. The molecule has 0 bridgehead atoms. The van der Waals surface area contributed by atoms with Gasteiger partial charge in [-0.1, -0.05) is 24.2 Å². The van der Waals surface area contributed by atoms with Gasteiger partial charge in [-0.3, -0.25) is 14.4 Å². The molecular weight excluding hydrogens is 448 g/mol. The van der Waals surface area contributed by atoms with E-state index in [1.807, 2.05) is 41.5 Å². The molecule has 0 unspecified atom stereocenters. The normalized spacial score (nSPS) is 12.6. The second-order valence-electron chi connectivity index (χ2n) is 10.2. The molecule has 0 spiro atoms. The number of aromatic nitrogens is 1. The van der Waals surface area contributed by atoms with Gasteiger partial charge in [0.05, 0.1) is 7.11 Å².